The Morgan fingerprint density at radius 3 is 2.78 bits per heavy atom. The number of rotatable bonds is 7. The van der Waals surface area contributed by atoms with E-state index in [1.54, 1.807) is 30.6 Å². The molecule has 1 aromatic carbocycles. The molecular weight excluding hydrogens is 564 g/mol. The van der Waals surface area contributed by atoms with Crippen LogP contribution in [0.4, 0.5) is 5.82 Å². The van der Waals surface area contributed by atoms with Gasteiger partial charge in [-0.05, 0) is 62.9 Å². The molecule has 0 radical (unpaired) electrons. The van der Waals surface area contributed by atoms with Crippen LogP contribution in [0.5, 0.6) is 11.5 Å². The standard InChI is InChI=1S/C29H30N4O6S2/c1-4-32-25(31-10-6-7-19(15-31)28(36)37-5-2)20(17(3)21(13-30)26(32)34)12-24-27(35)33(29(40)41-24)14-18-8-9-22-23(11-18)39-16-38-22/h8-9,11-12,19H,4-7,10,14-16H2,1-3H3/b24-12-. The molecule has 12 heteroatoms. The summed E-state index contributed by atoms with van der Waals surface area (Å²) >= 11 is 6.77. The first kappa shape index (κ1) is 28.7. The highest BCUT2D eigenvalue weighted by Gasteiger charge is 2.35. The van der Waals surface area contributed by atoms with E-state index in [1.165, 1.54) is 16.7 Å². The number of nitriles is 1. The Hall–Kier alpha value is -3.82. The lowest BCUT2D eigenvalue weighted by Gasteiger charge is -2.36. The predicted octanol–water partition coefficient (Wildman–Crippen LogP) is 3.96. The lowest BCUT2D eigenvalue weighted by Crippen LogP contribution is -2.43. The van der Waals surface area contributed by atoms with Crippen LogP contribution in [0.25, 0.3) is 6.08 Å². The molecule has 0 aliphatic carbocycles. The van der Waals surface area contributed by atoms with Crippen molar-refractivity contribution in [2.45, 2.75) is 46.7 Å². The van der Waals surface area contributed by atoms with E-state index in [-0.39, 0.29) is 36.7 Å². The summed E-state index contributed by atoms with van der Waals surface area (Å²) in [6.45, 7) is 7.35. The van der Waals surface area contributed by atoms with Gasteiger partial charge in [-0.25, -0.2) is 0 Å². The summed E-state index contributed by atoms with van der Waals surface area (Å²) < 4.78 is 18.1. The Morgan fingerprint density at radius 1 is 1.27 bits per heavy atom. The molecule has 2 aromatic rings. The third kappa shape index (κ3) is 5.44. The van der Waals surface area contributed by atoms with Crippen molar-refractivity contribution < 1.29 is 23.8 Å². The largest absolute Gasteiger partial charge is 0.466 e. The van der Waals surface area contributed by atoms with Gasteiger partial charge in [-0.1, -0.05) is 30.0 Å². The summed E-state index contributed by atoms with van der Waals surface area (Å²) in [5, 5.41) is 9.87. The van der Waals surface area contributed by atoms with Crippen molar-refractivity contribution in [1.82, 2.24) is 9.47 Å². The lowest BCUT2D eigenvalue weighted by atomic mass is 9.96. The van der Waals surface area contributed by atoms with Gasteiger partial charge in [-0.2, -0.15) is 5.26 Å². The summed E-state index contributed by atoms with van der Waals surface area (Å²) in [5.41, 5.74) is 1.55. The number of carbonyl (C=O) groups is 2. The third-order valence-electron chi connectivity index (χ3n) is 7.43. The fourth-order valence-corrected chi connectivity index (χ4v) is 6.63. The van der Waals surface area contributed by atoms with Crippen LogP contribution in [-0.2, 0) is 27.4 Å². The van der Waals surface area contributed by atoms with Crippen LogP contribution in [0, 0.1) is 24.2 Å². The molecule has 1 atom stereocenters. The second-order valence-electron chi connectivity index (χ2n) is 9.89. The highest BCUT2D eigenvalue weighted by Crippen LogP contribution is 2.39. The highest BCUT2D eigenvalue weighted by atomic mass is 32.2. The Morgan fingerprint density at radius 2 is 2.05 bits per heavy atom. The summed E-state index contributed by atoms with van der Waals surface area (Å²) in [4.78, 5) is 43.5. The molecule has 5 rings (SSSR count). The van der Waals surface area contributed by atoms with Gasteiger partial charge in [-0.15, -0.1) is 0 Å². The van der Waals surface area contributed by atoms with Crippen molar-refractivity contribution >= 4 is 52.1 Å². The average Bonchev–Trinajstić information content (AvgIpc) is 3.54. The molecule has 1 unspecified atom stereocenters. The third-order valence-corrected chi connectivity index (χ3v) is 8.81. The van der Waals surface area contributed by atoms with Crippen LogP contribution >= 0.6 is 24.0 Å². The molecule has 0 bridgehead atoms. The Bertz CT molecular complexity index is 1560. The quantitative estimate of drug-likeness (QED) is 0.265. The molecule has 41 heavy (non-hydrogen) atoms. The molecule has 1 aromatic heterocycles. The van der Waals surface area contributed by atoms with Gasteiger partial charge in [0.15, 0.2) is 11.5 Å². The first-order chi connectivity index (χ1) is 19.8. The molecule has 0 N–H and O–H groups in total. The molecule has 0 saturated carbocycles. The lowest BCUT2D eigenvalue weighted by molar-refractivity contribution is -0.148. The van der Waals surface area contributed by atoms with Gasteiger partial charge in [-0.3, -0.25) is 23.9 Å². The van der Waals surface area contributed by atoms with Gasteiger partial charge in [0.25, 0.3) is 11.5 Å². The summed E-state index contributed by atoms with van der Waals surface area (Å²) in [7, 11) is 0. The number of thiocarbonyl (C=S) groups is 1. The highest BCUT2D eigenvalue weighted by molar-refractivity contribution is 8.26. The molecular formula is C29H30N4O6S2. The number of nitrogens with zero attached hydrogens (tertiary/aromatic N) is 4. The first-order valence-corrected chi connectivity index (χ1v) is 14.7. The molecule has 4 heterocycles. The van der Waals surface area contributed by atoms with Crippen LogP contribution < -0.4 is 19.9 Å². The first-order valence-electron chi connectivity index (χ1n) is 13.5. The van der Waals surface area contributed by atoms with Crippen LogP contribution in [0.2, 0.25) is 0 Å². The summed E-state index contributed by atoms with van der Waals surface area (Å²) in [6.07, 6.45) is 3.15. The van der Waals surface area contributed by atoms with Gasteiger partial charge < -0.3 is 19.1 Å². The van der Waals surface area contributed by atoms with E-state index in [0.717, 1.165) is 12.0 Å². The number of esters is 1. The molecule has 3 aliphatic rings. The van der Waals surface area contributed by atoms with E-state index in [4.69, 9.17) is 26.4 Å². The minimum Gasteiger partial charge on any atom is -0.466 e. The van der Waals surface area contributed by atoms with E-state index in [9.17, 15) is 19.6 Å². The van der Waals surface area contributed by atoms with E-state index in [2.05, 4.69) is 6.07 Å². The second-order valence-corrected chi connectivity index (χ2v) is 11.6. The van der Waals surface area contributed by atoms with Crippen LogP contribution in [0.1, 0.15) is 48.9 Å². The number of amides is 1. The van der Waals surface area contributed by atoms with Gasteiger partial charge >= 0.3 is 5.97 Å². The van der Waals surface area contributed by atoms with Crippen molar-refractivity contribution in [3.63, 3.8) is 0 Å². The Balaban J connectivity index is 1.53. The number of carbonyl (C=O) groups excluding carboxylic acids is 2. The van der Waals surface area contributed by atoms with E-state index >= 15 is 0 Å². The van der Waals surface area contributed by atoms with Crippen molar-refractivity contribution in [1.29, 1.82) is 5.26 Å². The van der Waals surface area contributed by atoms with Crippen LogP contribution in [-0.4, -0.2) is 52.2 Å². The number of pyridine rings is 1. The Labute approximate surface area is 247 Å². The number of hydrogen-bond acceptors (Lipinski definition) is 10. The fourth-order valence-electron chi connectivity index (χ4n) is 5.39. The van der Waals surface area contributed by atoms with Gasteiger partial charge in [0, 0.05) is 25.2 Å². The SMILES string of the molecule is CCOC(=O)C1CCCN(c2c(/C=C3\SC(=S)N(Cc4ccc5c(c4)OCO5)C3=O)c(C)c(C#N)c(=O)n2CC)C1. The van der Waals surface area contributed by atoms with Crippen molar-refractivity contribution in [3.05, 3.63) is 55.7 Å². The molecule has 2 saturated heterocycles. The monoisotopic (exact) mass is 594 g/mol. The normalized spacial score (nSPS) is 19.2. The smallest absolute Gasteiger partial charge is 0.310 e. The van der Waals surface area contributed by atoms with E-state index in [0.29, 0.717) is 70.3 Å². The Kier molecular flexibility index (Phi) is 8.37. The fraction of sp³-hybridized carbons (Fsp3) is 0.414. The zero-order valence-electron chi connectivity index (χ0n) is 23.1. The molecule has 214 valence electrons. The minimum atomic E-state index is -0.395. The van der Waals surface area contributed by atoms with E-state index in [1.807, 2.05) is 24.0 Å². The minimum absolute atomic E-state index is 0.0247. The molecule has 3 aliphatic heterocycles. The van der Waals surface area contributed by atoms with E-state index < -0.39 is 5.56 Å². The van der Waals surface area contributed by atoms with Crippen LogP contribution in [0.3, 0.4) is 0 Å². The summed E-state index contributed by atoms with van der Waals surface area (Å²) in [5.74, 6) is 0.996. The molecule has 2 fully saturated rings. The molecule has 0 spiro atoms. The predicted molar refractivity (Wildman–Crippen MR) is 159 cm³/mol. The van der Waals surface area contributed by atoms with Gasteiger partial charge in [0.05, 0.1) is 24.0 Å². The number of thioether (sulfide) groups is 1. The van der Waals surface area contributed by atoms with Crippen LogP contribution in [0.15, 0.2) is 27.9 Å². The van der Waals surface area contributed by atoms with Gasteiger partial charge in [0.2, 0.25) is 6.79 Å². The average molecular weight is 595 g/mol. The number of benzene rings is 1. The zero-order chi connectivity index (χ0) is 29.3. The van der Waals surface area contributed by atoms with Crippen molar-refractivity contribution in [2.75, 3.05) is 31.4 Å². The molecule has 10 nitrogen and oxygen atoms in total. The maximum atomic E-state index is 13.6. The number of ether oxygens (including phenoxy) is 3. The zero-order valence-corrected chi connectivity index (χ0v) is 24.7. The number of piperidine rings is 1. The topological polar surface area (TPSA) is 114 Å². The maximum absolute atomic E-state index is 13.6. The number of hydrogen-bond donors (Lipinski definition) is 0. The molecule has 1 amide bonds. The summed E-state index contributed by atoms with van der Waals surface area (Å²) in [6, 6.07) is 7.56. The number of anilines is 1. The number of fused-ring (bicyclic) bond motifs is 1. The number of aromatic nitrogens is 1. The second kappa shape index (κ2) is 12.0. The van der Waals surface area contributed by atoms with Crippen molar-refractivity contribution in [2.24, 2.45) is 5.92 Å². The van der Waals surface area contributed by atoms with Gasteiger partial charge in [0.1, 0.15) is 21.8 Å². The van der Waals surface area contributed by atoms with Crippen molar-refractivity contribution in [3.8, 4) is 17.6 Å². The maximum Gasteiger partial charge on any atom is 0.310 e.